The van der Waals surface area contributed by atoms with Gasteiger partial charge in [0.15, 0.2) is 0 Å². The van der Waals surface area contributed by atoms with Gasteiger partial charge in [0.25, 0.3) is 0 Å². The Morgan fingerprint density at radius 1 is 1.04 bits per heavy atom. The predicted octanol–water partition coefficient (Wildman–Crippen LogP) is 3.94. The Bertz CT molecular complexity index is 1060. The molecule has 142 valence electrons. The van der Waals surface area contributed by atoms with E-state index in [1.54, 1.807) is 24.3 Å². The number of halogens is 4. The molecule has 27 heavy (non-hydrogen) atoms. The molecule has 3 aromatic rings. The van der Waals surface area contributed by atoms with Gasteiger partial charge in [-0.15, -0.1) is 0 Å². The van der Waals surface area contributed by atoms with E-state index < -0.39 is 22.6 Å². The van der Waals surface area contributed by atoms with Crippen molar-refractivity contribution in [3.05, 3.63) is 65.3 Å². The van der Waals surface area contributed by atoms with E-state index in [1.807, 2.05) is 0 Å². The van der Waals surface area contributed by atoms with Gasteiger partial charge in [-0.05, 0) is 42.5 Å². The number of hydrogen-bond donors (Lipinski definition) is 1. The van der Waals surface area contributed by atoms with Crippen LogP contribution in [-0.4, -0.2) is 24.4 Å². The first-order valence-corrected chi connectivity index (χ1v) is 9.50. The third-order valence-corrected chi connectivity index (χ3v) is 4.87. The predicted molar refractivity (Wildman–Crippen MR) is 95.1 cm³/mol. The largest absolute Gasteiger partial charge is 0.394 e. The van der Waals surface area contributed by atoms with Crippen LogP contribution >= 0.6 is 11.6 Å². The zero-order valence-electron chi connectivity index (χ0n) is 13.6. The van der Waals surface area contributed by atoms with Crippen molar-refractivity contribution in [2.24, 2.45) is 5.14 Å². The van der Waals surface area contributed by atoms with Crippen LogP contribution < -0.4 is 5.14 Å². The summed E-state index contributed by atoms with van der Waals surface area (Å²) < 4.78 is 62.4. The summed E-state index contributed by atoms with van der Waals surface area (Å²) in [5, 5.41) is 9.59. The second-order valence-corrected chi connectivity index (χ2v) is 7.77. The second kappa shape index (κ2) is 6.99. The highest BCUT2D eigenvalue weighted by molar-refractivity contribution is 7.89. The molecule has 0 aliphatic heterocycles. The Balaban J connectivity index is 2.11. The highest BCUT2D eigenvalue weighted by atomic mass is 35.5. The molecule has 2 aromatic carbocycles. The van der Waals surface area contributed by atoms with Crippen molar-refractivity contribution in [3.63, 3.8) is 0 Å². The summed E-state index contributed by atoms with van der Waals surface area (Å²) in [4.78, 5) is -0.109. The molecule has 0 spiro atoms. The van der Waals surface area contributed by atoms with Crippen molar-refractivity contribution in [1.29, 1.82) is 0 Å². The number of primary sulfonamides is 1. The van der Waals surface area contributed by atoms with Crippen molar-refractivity contribution in [2.75, 3.05) is 0 Å². The molecule has 0 radical (unpaired) electrons. The number of hydrogen-bond acceptors (Lipinski definition) is 3. The van der Waals surface area contributed by atoms with Crippen LogP contribution in [0.5, 0.6) is 0 Å². The lowest BCUT2D eigenvalue weighted by molar-refractivity contribution is -0.127. The molecule has 0 atom stereocenters. The molecule has 2 N–H and O–H groups in total. The van der Waals surface area contributed by atoms with Crippen LogP contribution in [0.15, 0.2) is 59.5 Å². The molecule has 0 fully saturated rings. The summed E-state index contributed by atoms with van der Waals surface area (Å²) in [6, 6.07) is 13.3. The molecular weight excluding hydrogens is 403 g/mol. The molecule has 1 aromatic heterocycles. The smallest absolute Gasteiger partial charge is 0.233 e. The number of nitrogens with zero attached hydrogens (tertiary/aromatic N) is 2. The van der Waals surface area contributed by atoms with Gasteiger partial charge in [0.05, 0.1) is 28.4 Å². The lowest BCUT2D eigenvalue weighted by atomic mass is 10.1. The van der Waals surface area contributed by atoms with Gasteiger partial charge in [-0.2, -0.15) is 18.3 Å². The Kier molecular flexibility index (Phi) is 5.02. The fourth-order valence-electron chi connectivity index (χ4n) is 2.52. The molecule has 0 amide bonds. The molecule has 0 aliphatic rings. The first-order chi connectivity index (χ1) is 12.5. The summed E-state index contributed by atoms with van der Waals surface area (Å²) in [5.74, 6) is 0. The van der Waals surface area contributed by atoms with Crippen LogP contribution in [-0.2, 0) is 16.4 Å². The van der Waals surface area contributed by atoms with E-state index in [0.717, 1.165) is 0 Å². The minimum atomic E-state index is -4.41. The summed E-state index contributed by atoms with van der Waals surface area (Å²) >= 11 is 5.87. The molecule has 0 unspecified atom stereocenters. The van der Waals surface area contributed by atoms with Crippen molar-refractivity contribution < 1.29 is 21.6 Å². The molecular formula is C17H13ClF3N3O2S. The minimum Gasteiger partial charge on any atom is -0.233 e. The van der Waals surface area contributed by atoms with E-state index in [-0.39, 0.29) is 10.6 Å². The van der Waals surface area contributed by atoms with Crippen molar-refractivity contribution >= 4 is 21.6 Å². The van der Waals surface area contributed by atoms with Crippen LogP contribution in [0.2, 0.25) is 5.02 Å². The summed E-state index contributed by atoms with van der Waals surface area (Å²) in [7, 11) is -3.88. The fourth-order valence-corrected chi connectivity index (χ4v) is 3.16. The average Bonchev–Trinajstić information content (AvgIpc) is 2.96. The van der Waals surface area contributed by atoms with E-state index in [1.165, 1.54) is 35.0 Å². The number of alkyl halides is 3. The topological polar surface area (TPSA) is 78.0 Å². The molecule has 0 saturated heterocycles. The second-order valence-electron chi connectivity index (χ2n) is 5.77. The fraction of sp³-hybridized carbons (Fsp3) is 0.118. The van der Waals surface area contributed by atoms with Crippen molar-refractivity contribution in [2.45, 2.75) is 17.5 Å². The summed E-state index contributed by atoms with van der Waals surface area (Å²) in [6.07, 6.45) is -5.59. The number of rotatable bonds is 4. The van der Waals surface area contributed by atoms with Gasteiger partial charge >= 0.3 is 6.18 Å². The zero-order chi connectivity index (χ0) is 19.8. The lowest BCUT2D eigenvalue weighted by Gasteiger charge is -2.08. The maximum atomic E-state index is 12.8. The van der Waals surface area contributed by atoms with E-state index in [4.69, 9.17) is 16.7 Å². The normalized spacial score (nSPS) is 12.3. The highest BCUT2D eigenvalue weighted by Crippen LogP contribution is 2.28. The first kappa shape index (κ1) is 19.4. The van der Waals surface area contributed by atoms with Crippen LogP contribution in [0.1, 0.15) is 5.69 Å². The minimum absolute atomic E-state index is 0.109. The quantitative estimate of drug-likeness (QED) is 0.701. The summed E-state index contributed by atoms with van der Waals surface area (Å²) in [5.41, 5.74) is 1.24. The number of sulfonamides is 1. The molecule has 0 bridgehead atoms. The van der Waals surface area contributed by atoms with E-state index in [9.17, 15) is 21.6 Å². The van der Waals surface area contributed by atoms with E-state index in [0.29, 0.717) is 22.0 Å². The van der Waals surface area contributed by atoms with Gasteiger partial charge in [-0.1, -0.05) is 23.7 Å². The standard InChI is InChI=1S/C17H13ClF3N3O2S/c18-12-3-1-11(2-4-12)16-9-13(10-17(19,20)21)23-24(16)14-5-7-15(8-6-14)27(22,25)26/h1-9H,10H2,(H2,22,25,26). The van der Waals surface area contributed by atoms with Gasteiger partial charge in [-0.3, -0.25) is 0 Å². The lowest BCUT2D eigenvalue weighted by Crippen LogP contribution is -2.13. The van der Waals surface area contributed by atoms with Crippen LogP contribution in [0, 0.1) is 0 Å². The highest BCUT2D eigenvalue weighted by Gasteiger charge is 2.30. The zero-order valence-corrected chi connectivity index (χ0v) is 15.2. The maximum Gasteiger partial charge on any atom is 0.394 e. The first-order valence-electron chi connectivity index (χ1n) is 7.58. The van der Waals surface area contributed by atoms with E-state index in [2.05, 4.69) is 5.10 Å². The van der Waals surface area contributed by atoms with Crippen LogP contribution in [0.4, 0.5) is 13.2 Å². The molecule has 10 heteroatoms. The molecule has 1 heterocycles. The number of benzene rings is 2. The Morgan fingerprint density at radius 2 is 1.63 bits per heavy atom. The average molecular weight is 416 g/mol. The van der Waals surface area contributed by atoms with Crippen molar-refractivity contribution in [3.8, 4) is 16.9 Å². The molecule has 0 aliphatic carbocycles. The SMILES string of the molecule is NS(=O)(=O)c1ccc(-n2nc(CC(F)(F)F)cc2-c2ccc(Cl)cc2)cc1. The van der Waals surface area contributed by atoms with E-state index >= 15 is 0 Å². The third-order valence-electron chi connectivity index (χ3n) is 3.69. The molecule has 5 nitrogen and oxygen atoms in total. The number of nitrogens with two attached hydrogens (primary N) is 1. The Hall–Kier alpha value is -2.36. The van der Waals surface area contributed by atoms with Crippen LogP contribution in [0.25, 0.3) is 16.9 Å². The van der Waals surface area contributed by atoms with Gasteiger partial charge in [-0.25, -0.2) is 18.2 Å². The third kappa shape index (κ3) is 4.68. The van der Waals surface area contributed by atoms with Gasteiger partial charge in [0, 0.05) is 10.6 Å². The molecule has 3 rings (SSSR count). The van der Waals surface area contributed by atoms with Gasteiger partial charge < -0.3 is 0 Å². The Labute approximate surface area is 158 Å². The van der Waals surface area contributed by atoms with Gasteiger partial charge in [0.2, 0.25) is 10.0 Å². The summed E-state index contributed by atoms with van der Waals surface area (Å²) in [6.45, 7) is 0. The van der Waals surface area contributed by atoms with Crippen LogP contribution in [0.3, 0.4) is 0 Å². The monoisotopic (exact) mass is 415 g/mol. The molecule has 0 saturated carbocycles. The Morgan fingerprint density at radius 3 is 2.15 bits per heavy atom. The number of aromatic nitrogens is 2. The van der Waals surface area contributed by atoms with Crippen molar-refractivity contribution in [1.82, 2.24) is 9.78 Å². The van der Waals surface area contributed by atoms with Gasteiger partial charge in [0.1, 0.15) is 0 Å². The maximum absolute atomic E-state index is 12.8.